The van der Waals surface area contributed by atoms with E-state index in [2.05, 4.69) is 25.8 Å². The molecule has 3 fully saturated rings. The summed E-state index contributed by atoms with van der Waals surface area (Å²) in [4.78, 5) is 27.5. The number of rotatable bonds is 5. The van der Waals surface area contributed by atoms with Gasteiger partial charge in [-0.15, -0.1) is 0 Å². The molecular formula is C26H34BrF2N5O3. The number of anilines is 1. The molecule has 3 aliphatic heterocycles. The molecular weight excluding hydrogens is 548 g/mol. The standard InChI is InChI=1S/C26H34BrF2N5O3/c1-25(2,3)37-24(35)33-11-8-17(14-33)32(4)22-18-6-7-19(27)20(29)21(18)30-23(31-22)36-15-26-9-5-10-34(26)13-16(28)12-26/h6-7,16-17H,5,8-15H2,1-4H3/t16-,17+,26+/m1/s1. The number of amides is 1. The van der Waals surface area contributed by atoms with Crippen molar-refractivity contribution < 1.29 is 23.0 Å². The maximum absolute atomic E-state index is 15.2. The molecule has 0 N–H and O–H groups in total. The van der Waals surface area contributed by atoms with Gasteiger partial charge in [0, 0.05) is 44.5 Å². The van der Waals surface area contributed by atoms with Crippen molar-refractivity contribution in [3.63, 3.8) is 0 Å². The third-order valence-corrected chi connectivity index (χ3v) is 8.26. The van der Waals surface area contributed by atoms with E-state index in [0.29, 0.717) is 48.2 Å². The fourth-order valence-corrected chi connectivity index (χ4v) is 6.13. The Bertz CT molecular complexity index is 1190. The van der Waals surface area contributed by atoms with Gasteiger partial charge in [0.2, 0.25) is 0 Å². The van der Waals surface area contributed by atoms with Gasteiger partial charge in [0.05, 0.1) is 10.0 Å². The van der Waals surface area contributed by atoms with Crippen LogP contribution in [0.1, 0.15) is 46.5 Å². The first kappa shape index (κ1) is 26.3. The molecule has 0 saturated carbocycles. The number of carbonyl (C=O) groups excluding carboxylic acids is 1. The van der Waals surface area contributed by atoms with Crippen molar-refractivity contribution in [2.24, 2.45) is 0 Å². The van der Waals surface area contributed by atoms with Gasteiger partial charge in [-0.05, 0) is 74.6 Å². The number of alkyl halides is 1. The molecule has 0 unspecified atom stereocenters. The number of likely N-dealkylation sites (tertiary alicyclic amines) is 1. The Morgan fingerprint density at radius 2 is 2.05 bits per heavy atom. The van der Waals surface area contributed by atoms with Gasteiger partial charge in [-0.3, -0.25) is 4.90 Å². The number of nitrogens with zero attached hydrogens (tertiary/aromatic N) is 5. The predicted molar refractivity (Wildman–Crippen MR) is 140 cm³/mol. The minimum Gasteiger partial charge on any atom is -0.461 e. The van der Waals surface area contributed by atoms with Gasteiger partial charge in [-0.2, -0.15) is 9.97 Å². The van der Waals surface area contributed by atoms with Crippen LogP contribution >= 0.6 is 15.9 Å². The Kier molecular flexibility index (Phi) is 6.97. The van der Waals surface area contributed by atoms with E-state index in [4.69, 9.17) is 14.5 Å². The van der Waals surface area contributed by atoms with Crippen LogP contribution in [0.3, 0.4) is 0 Å². The molecule has 8 nitrogen and oxygen atoms in total. The summed E-state index contributed by atoms with van der Waals surface area (Å²) in [5.74, 6) is 0.0320. The van der Waals surface area contributed by atoms with Crippen LogP contribution in [-0.4, -0.2) is 89.0 Å². The molecule has 1 amide bonds. The zero-order valence-corrected chi connectivity index (χ0v) is 23.4. The number of likely N-dealkylation sites (N-methyl/N-ethyl adjacent to an activating group) is 1. The number of hydrogen-bond acceptors (Lipinski definition) is 7. The average molecular weight is 582 g/mol. The van der Waals surface area contributed by atoms with Gasteiger partial charge in [0.1, 0.15) is 29.7 Å². The van der Waals surface area contributed by atoms with E-state index in [0.717, 1.165) is 19.4 Å². The Morgan fingerprint density at radius 3 is 2.81 bits per heavy atom. The minimum atomic E-state index is -0.869. The van der Waals surface area contributed by atoms with Crippen LogP contribution < -0.4 is 9.64 Å². The molecule has 2 aromatic rings. The van der Waals surface area contributed by atoms with Gasteiger partial charge in [0.15, 0.2) is 5.82 Å². The molecule has 0 bridgehead atoms. The van der Waals surface area contributed by atoms with Gasteiger partial charge in [0.25, 0.3) is 0 Å². The lowest BCUT2D eigenvalue weighted by molar-refractivity contribution is 0.0292. The summed E-state index contributed by atoms with van der Waals surface area (Å²) in [6.45, 7) is 8.08. The van der Waals surface area contributed by atoms with Gasteiger partial charge < -0.3 is 19.3 Å². The molecule has 0 radical (unpaired) electrons. The highest BCUT2D eigenvalue weighted by molar-refractivity contribution is 9.10. The van der Waals surface area contributed by atoms with E-state index in [1.165, 1.54) is 0 Å². The lowest BCUT2D eigenvalue weighted by Gasteiger charge is -2.31. The largest absolute Gasteiger partial charge is 0.461 e. The predicted octanol–water partition coefficient (Wildman–Crippen LogP) is 4.93. The number of carbonyl (C=O) groups is 1. The topological polar surface area (TPSA) is 71.0 Å². The zero-order chi connectivity index (χ0) is 26.5. The maximum atomic E-state index is 15.2. The normalized spacial score (nSPS) is 26.1. The molecule has 1 aromatic carbocycles. The SMILES string of the molecule is CN(c1nc(OC[C@@]23CCCN2C[C@H](F)C3)nc2c(F)c(Br)ccc12)[C@H]1CCN(C(=O)OC(C)(C)C)C1. The summed E-state index contributed by atoms with van der Waals surface area (Å²) < 4.78 is 41.3. The quantitative estimate of drug-likeness (QED) is 0.495. The molecule has 5 rings (SSSR count). The van der Waals surface area contributed by atoms with Crippen LogP contribution in [0.4, 0.5) is 19.4 Å². The summed E-state index contributed by atoms with van der Waals surface area (Å²) in [6.07, 6.45) is 1.78. The minimum absolute atomic E-state index is 0.0452. The lowest BCUT2D eigenvalue weighted by Crippen LogP contribution is -2.43. The zero-order valence-electron chi connectivity index (χ0n) is 21.8. The summed E-state index contributed by atoms with van der Waals surface area (Å²) in [7, 11) is 1.89. The van der Waals surface area contributed by atoms with Crippen molar-refractivity contribution in [3.05, 3.63) is 22.4 Å². The number of aromatic nitrogens is 2. The van der Waals surface area contributed by atoms with Crippen molar-refractivity contribution in [1.29, 1.82) is 0 Å². The van der Waals surface area contributed by atoms with E-state index in [-0.39, 0.29) is 35.8 Å². The summed E-state index contributed by atoms with van der Waals surface area (Å²) in [5, 5.41) is 0.552. The number of halogens is 3. The average Bonchev–Trinajstić information content (AvgIpc) is 3.53. The van der Waals surface area contributed by atoms with Crippen LogP contribution in [0.25, 0.3) is 10.9 Å². The Hall–Kier alpha value is -2.27. The van der Waals surface area contributed by atoms with Gasteiger partial charge in [-0.1, -0.05) is 0 Å². The second-order valence-corrected chi connectivity index (χ2v) is 12.3. The van der Waals surface area contributed by atoms with Crippen molar-refractivity contribution in [3.8, 4) is 6.01 Å². The molecule has 1 aromatic heterocycles. The molecule has 0 aliphatic carbocycles. The molecule has 4 heterocycles. The first-order valence-corrected chi connectivity index (χ1v) is 13.6. The van der Waals surface area contributed by atoms with Crippen LogP contribution in [0, 0.1) is 5.82 Å². The summed E-state index contributed by atoms with van der Waals surface area (Å²) in [6, 6.07) is 3.43. The van der Waals surface area contributed by atoms with Crippen molar-refractivity contribution >= 4 is 38.7 Å². The third kappa shape index (κ3) is 5.21. The molecule has 202 valence electrons. The first-order valence-electron chi connectivity index (χ1n) is 12.8. The van der Waals surface area contributed by atoms with Crippen molar-refractivity contribution in [2.45, 2.75) is 69.8 Å². The second kappa shape index (κ2) is 9.80. The van der Waals surface area contributed by atoms with Gasteiger partial charge >= 0.3 is 12.1 Å². The number of ether oxygens (including phenoxy) is 2. The number of benzene rings is 1. The Balaban J connectivity index is 1.41. The highest BCUT2D eigenvalue weighted by Crippen LogP contribution is 2.40. The van der Waals surface area contributed by atoms with Crippen LogP contribution in [-0.2, 0) is 4.74 Å². The highest BCUT2D eigenvalue weighted by atomic mass is 79.9. The lowest BCUT2D eigenvalue weighted by atomic mass is 9.95. The van der Waals surface area contributed by atoms with E-state index >= 15 is 4.39 Å². The highest BCUT2D eigenvalue weighted by Gasteiger charge is 2.49. The first-order chi connectivity index (χ1) is 17.5. The molecule has 11 heteroatoms. The Labute approximate surface area is 224 Å². The van der Waals surface area contributed by atoms with Crippen molar-refractivity contribution in [1.82, 2.24) is 19.8 Å². The van der Waals surface area contributed by atoms with E-state index in [1.807, 2.05) is 32.7 Å². The number of fused-ring (bicyclic) bond motifs is 2. The van der Waals surface area contributed by atoms with E-state index < -0.39 is 17.6 Å². The smallest absolute Gasteiger partial charge is 0.410 e. The second-order valence-electron chi connectivity index (χ2n) is 11.4. The molecule has 37 heavy (non-hydrogen) atoms. The monoisotopic (exact) mass is 581 g/mol. The molecule has 3 atom stereocenters. The van der Waals surface area contributed by atoms with Crippen LogP contribution in [0.5, 0.6) is 6.01 Å². The summed E-state index contributed by atoms with van der Waals surface area (Å²) >= 11 is 3.26. The molecule has 3 aliphatic rings. The van der Waals surface area contributed by atoms with Crippen LogP contribution in [0.15, 0.2) is 16.6 Å². The van der Waals surface area contributed by atoms with E-state index in [9.17, 15) is 9.18 Å². The molecule has 0 spiro atoms. The van der Waals surface area contributed by atoms with Crippen molar-refractivity contribution in [2.75, 3.05) is 44.7 Å². The van der Waals surface area contributed by atoms with E-state index in [1.54, 1.807) is 17.0 Å². The molecule has 3 saturated heterocycles. The third-order valence-electron chi connectivity index (χ3n) is 7.65. The van der Waals surface area contributed by atoms with Crippen LogP contribution in [0.2, 0.25) is 0 Å². The fourth-order valence-electron chi connectivity index (χ4n) is 5.81. The Morgan fingerprint density at radius 1 is 1.27 bits per heavy atom. The summed E-state index contributed by atoms with van der Waals surface area (Å²) in [5.41, 5.74) is -0.783. The van der Waals surface area contributed by atoms with Gasteiger partial charge in [-0.25, -0.2) is 13.6 Å². The maximum Gasteiger partial charge on any atom is 0.410 e. The number of hydrogen-bond donors (Lipinski definition) is 0. The fraction of sp³-hybridized carbons (Fsp3) is 0.654.